The number of hydrogen-bond donors (Lipinski definition) is 2. The lowest BCUT2D eigenvalue weighted by molar-refractivity contribution is -0.115. The second kappa shape index (κ2) is 11.2. The van der Waals surface area contributed by atoms with Crippen LogP contribution in [0.1, 0.15) is 22.8 Å². The molecular formula is C24H25N3O4S. The first kappa shape index (κ1) is 23.1. The standard InChI is InChI=1S/C24H25N3O4S/c1-16(32-18-10-11-21(30-2)22(13-18)31-3)23(28)27-20-9-5-4-8-19(20)24(29)26-15-17-7-6-12-25-14-17/h4-14,16H,15H2,1-3H3,(H,26,29)(H,27,28)/t16-/m0/s1. The Morgan fingerprint density at radius 3 is 2.53 bits per heavy atom. The summed E-state index contributed by atoms with van der Waals surface area (Å²) in [5.41, 5.74) is 1.75. The highest BCUT2D eigenvalue weighted by atomic mass is 32.2. The maximum absolute atomic E-state index is 12.8. The van der Waals surface area contributed by atoms with Crippen molar-refractivity contribution >= 4 is 29.3 Å². The molecule has 3 aromatic rings. The molecule has 0 fully saturated rings. The summed E-state index contributed by atoms with van der Waals surface area (Å²) in [7, 11) is 3.14. The van der Waals surface area contributed by atoms with Gasteiger partial charge in [-0.1, -0.05) is 18.2 Å². The molecule has 1 heterocycles. The number of nitrogens with one attached hydrogen (secondary N) is 2. The highest BCUT2D eigenvalue weighted by molar-refractivity contribution is 8.00. The van der Waals surface area contributed by atoms with Gasteiger partial charge in [0.1, 0.15) is 0 Å². The number of hydrogen-bond acceptors (Lipinski definition) is 6. The highest BCUT2D eigenvalue weighted by Crippen LogP contribution is 2.33. The number of pyridine rings is 1. The minimum absolute atomic E-state index is 0.211. The number of ether oxygens (including phenoxy) is 2. The van der Waals surface area contributed by atoms with Gasteiger partial charge in [0.05, 0.1) is 30.7 Å². The molecule has 2 N–H and O–H groups in total. The largest absolute Gasteiger partial charge is 0.493 e. The molecule has 0 saturated heterocycles. The second-order valence-corrected chi connectivity index (χ2v) is 8.27. The van der Waals surface area contributed by atoms with Crippen molar-refractivity contribution in [3.05, 3.63) is 78.1 Å². The van der Waals surface area contributed by atoms with Crippen LogP contribution < -0.4 is 20.1 Å². The molecule has 0 unspecified atom stereocenters. The van der Waals surface area contributed by atoms with Crippen LogP contribution in [-0.2, 0) is 11.3 Å². The first-order valence-corrected chi connectivity index (χ1v) is 10.9. The summed E-state index contributed by atoms with van der Waals surface area (Å²) in [5, 5.41) is 5.33. The van der Waals surface area contributed by atoms with Crippen LogP contribution in [0.25, 0.3) is 0 Å². The zero-order valence-electron chi connectivity index (χ0n) is 18.1. The fourth-order valence-electron chi connectivity index (χ4n) is 2.95. The molecule has 1 aromatic heterocycles. The van der Waals surface area contributed by atoms with Crippen LogP contribution in [0.4, 0.5) is 5.69 Å². The Hall–Kier alpha value is -3.52. The first-order valence-electron chi connectivity index (χ1n) is 9.97. The van der Waals surface area contributed by atoms with Gasteiger partial charge in [-0.3, -0.25) is 14.6 Å². The predicted molar refractivity (Wildman–Crippen MR) is 125 cm³/mol. The van der Waals surface area contributed by atoms with E-state index in [9.17, 15) is 9.59 Å². The molecule has 0 bridgehead atoms. The molecule has 166 valence electrons. The van der Waals surface area contributed by atoms with E-state index < -0.39 is 5.25 Å². The van der Waals surface area contributed by atoms with Crippen molar-refractivity contribution in [2.24, 2.45) is 0 Å². The van der Waals surface area contributed by atoms with E-state index in [-0.39, 0.29) is 11.8 Å². The number of anilines is 1. The number of thioether (sulfide) groups is 1. The molecule has 0 aliphatic carbocycles. The quantitative estimate of drug-likeness (QED) is 0.475. The van der Waals surface area contributed by atoms with E-state index in [1.807, 2.05) is 31.2 Å². The van der Waals surface area contributed by atoms with Gasteiger partial charge >= 0.3 is 0 Å². The molecule has 7 nitrogen and oxygen atoms in total. The third-order valence-corrected chi connectivity index (χ3v) is 5.74. The van der Waals surface area contributed by atoms with Gasteiger partial charge < -0.3 is 20.1 Å². The maximum Gasteiger partial charge on any atom is 0.253 e. The summed E-state index contributed by atoms with van der Waals surface area (Å²) in [6.45, 7) is 2.16. The number of carbonyl (C=O) groups is 2. The minimum Gasteiger partial charge on any atom is -0.493 e. The molecule has 0 radical (unpaired) electrons. The molecule has 2 aromatic carbocycles. The molecule has 32 heavy (non-hydrogen) atoms. The Balaban J connectivity index is 1.65. The van der Waals surface area contributed by atoms with Crippen molar-refractivity contribution in [3.8, 4) is 11.5 Å². The Labute approximate surface area is 191 Å². The van der Waals surface area contributed by atoms with E-state index in [2.05, 4.69) is 15.6 Å². The van der Waals surface area contributed by atoms with Crippen LogP contribution in [0.3, 0.4) is 0 Å². The number of para-hydroxylation sites is 1. The Bertz CT molecular complexity index is 1080. The van der Waals surface area contributed by atoms with Crippen LogP contribution in [0.2, 0.25) is 0 Å². The van der Waals surface area contributed by atoms with Gasteiger partial charge in [0, 0.05) is 23.8 Å². The molecule has 0 saturated carbocycles. The lowest BCUT2D eigenvalue weighted by Crippen LogP contribution is -2.27. The summed E-state index contributed by atoms with van der Waals surface area (Å²) >= 11 is 1.39. The molecule has 1 atom stereocenters. The average Bonchev–Trinajstić information content (AvgIpc) is 2.83. The van der Waals surface area contributed by atoms with Crippen molar-refractivity contribution in [1.82, 2.24) is 10.3 Å². The van der Waals surface area contributed by atoms with E-state index >= 15 is 0 Å². The number of benzene rings is 2. The second-order valence-electron chi connectivity index (χ2n) is 6.86. The summed E-state index contributed by atoms with van der Waals surface area (Å²) in [6, 6.07) is 16.1. The van der Waals surface area contributed by atoms with E-state index in [1.54, 1.807) is 56.9 Å². The lowest BCUT2D eigenvalue weighted by Gasteiger charge is -2.15. The monoisotopic (exact) mass is 451 g/mol. The molecule has 0 aliphatic heterocycles. The van der Waals surface area contributed by atoms with Gasteiger partial charge in [-0.05, 0) is 48.9 Å². The van der Waals surface area contributed by atoms with E-state index in [4.69, 9.17) is 9.47 Å². The number of rotatable bonds is 9. The molecule has 0 aliphatic rings. The lowest BCUT2D eigenvalue weighted by atomic mass is 10.1. The fourth-order valence-corrected chi connectivity index (χ4v) is 3.85. The van der Waals surface area contributed by atoms with Gasteiger partial charge in [-0.25, -0.2) is 0 Å². The molecular weight excluding hydrogens is 426 g/mol. The number of methoxy groups -OCH3 is 2. The van der Waals surface area contributed by atoms with Crippen LogP contribution in [-0.4, -0.2) is 36.3 Å². The van der Waals surface area contributed by atoms with Crippen LogP contribution in [0.15, 0.2) is 71.9 Å². The molecule has 2 amide bonds. The van der Waals surface area contributed by atoms with Gasteiger partial charge in [0.15, 0.2) is 11.5 Å². The van der Waals surface area contributed by atoms with Gasteiger partial charge in [0.2, 0.25) is 5.91 Å². The van der Waals surface area contributed by atoms with Crippen molar-refractivity contribution in [3.63, 3.8) is 0 Å². The van der Waals surface area contributed by atoms with E-state index in [0.29, 0.717) is 29.3 Å². The zero-order chi connectivity index (χ0) is 22.9. The minimum atomic E-state index is -0.403. The van der Waals surface area contributed by atoms with Crippen molar-refractivity contribution in [2.75, 3.05) is 19.5 Å². The van der Waals surface area contributed by atoms with Crippen molar-refractivity contribution in [1.29, 1.82) is 0 Å². The number of aromatic nitrogens is 1. The maximum atomic E-state index is 12.8. The predicted octanol–water partition coefficient (Wildman–Crippen LogP) is 4.15. The normalized spacial score (nSPS) is 11.3. The van der Waals surface area contributed by atoms with Gasteiger partial charge in [0.25, 0.3) is 5.91 Å². The average molecular weight is 452 g/mol. The molecule has 0 spiro atoms. The van der Waals surface area contributed by atoms with Gasteiger partial charge in [-0.15, -0.1) is 11.8 Å². The summed E-state index contributed by atoms with van der Waals surface area (Å²) in [4.78, 5) is 30.4. The third-order valence-electron chi connectivity index (χ3n) is 4.64. The molecule has 8 heteroatoms. The Kier molecular flexibility index (Phi) is 8.10. The topological polar surface area (TPSA) is 89.5 Å². The zero-order valence-corrected chi connectivity index (χ0v) is 18.9. The van der Waals surface area contributed by atoms with E-state index in [0.717, 1.165) is 10.5 Å². The SMILES string of the molecule is COc1ccc(S[C@@H](C)C(=O)Nc2ccccc2C(=O)NCc2cccnc2)cc1OC. The number of carbonyl (C=O) groups excluding carboxylic acids is 2. The summed E-state index contributed by atoms with van der Waals surface area (Å²) in [5.74, 6) is 0.739. The van der Waals surface area contributed by atoms with Crippen LogP contribution in [0.5, 0.6) is 11.5 Å². The van der Waals surface area contributed by atoms with Gasteiger partial charge in [-0.2, -0.15) is 0 Å². The highest BCUT2D eigenvalue weighted by Gasteiger charge is 2.19. The van der Waals surface area contributed by atoms with E-state index in [1.165, 1.54) is 11.8 Å². The van der Waals surface area contributed by atoms with Crippen LogP contribution in [0, 0.1) is 0 Å². The Morgan fingerprint density at radius 1 is 1.03 bits per heavy atom. The smallest absolute Gasteiger partial charge is 0.253 e. The number of nitrogens with zero attached hydrogens (tertiary/aromatic N) is 1. The van der Waals surface area contributed by atoms with Crippen molar-refractivity contribution in [2.45, 2.75) is 23.6 Å². The fraction of sp³-hybridized carbons (Fsp3) is 0.208. The summed E-state index contributed by atoms with van der Waals surface area (Å²) in [6.07, 6.45) is 3.37. The Morgan fingerprint density at radius 2 is 1.81 bits per heavy atom. The summed E-state index contributed by atoms with van der Waals surface area (Å²) < 4.78 is 10.6. The van der Waals surface area contributed by atoms with Crippen LogP contribution >= 0.6 is 11.8 Å². The third kappa shape index (κ3) is 6.01. The van der Waals surface area contributed by atoms with Crippen molar-refractivity contribution < 1.29 is 19.1 Å². The number of amides is 2. The molecule has 3 rings (SSSR count). The first-order chi connectivity index (χ1) is 15.5.